The van der Waals surface area contributed by atoms with Crippen LogP contribution in [0.4, 0.5) is 0 Å². The Kier molecular flexibility index (Phi) is 10.2. The third-order valence-electron chi connectivity index (χ3n) is 3.70. The Morgan fingerprint density at radius 1 is 1.20 bits per heavy atom. The quantitative estimate of drug-likeness (QED) is 0.531. The average Bonchev–Trinajstić information content (AvgIpc) is 2.91. The highest BCUT2D eigenvalue weighted by Crippen LogP contribution is 2.21. The molecule has 3 atom stereocenters. The second-order valence-corrected chi connectivity index (χ2v) is 5.41. The minimum absolute atomic E-state index is 0.287. The number of hydrogen-bond acceptors (Lipinski definition) is 5. The van der Waals surface area contributed by atoms with Crippen molar-refractivity contribution >= 4 is 0 Å². The minimum atomic E-state index is -0.469. The van der Waals surface area contributed by atoms with Gasteiger partial charge in [0.1, 0.15) is 0 Å². The largest absolute Gasteiger partial charge is 0.389 e. The van der Waals surface area contributed by atoms with Gasteiger partial charge in [-0.1, -0.05) is 13.3 Å². The maximum Gasteiger partial charge on any atom is 0.0897 e. The zero-order valence-corrected chi connectivity index (χ0v) is 13.0. The molecule has 0 saturated heterocycles. The zero-order valence-electron chi connectivity index (χ0n) is 13.0. The van der Waals surface area contributed by atoms with Crippen molar-refractivity contribution in [2.75, 3.05) is 40.1 Å². The molecule has 5 nitrogen and oxygen atoms in total. The molecule has 1 aliphatic rings. The molecule has 0 heterocycles. The molecular weight excluding hydrogens is 258 g/mol. The summed E-state index contributed by atoms with van der Waals surface area (Å²) in [6.45, 7) is 5.00. The van der Waals surface area contributed by atoms with Crippen LogP contribution in [0.1, 0.15) is 39.0 Å². The number of ether oxygens (including phenoxy) is 3. The SMILES string of the molecule is CCCCOCCOCC(O)CNC1CCCC1OC. The van der Waals surface area contributed by atoms with Gasteiger partial charge in [0.2, 0.25) is 0 Å². The predicted molar refractivity (Wildman–Crippen MR) is 79.0 cm³/mol. The Hall–Kier alpha value is -0.200. The maximum atomic E-state index is 9.84. The number of unbranched alkanes of at least 4 members (excludes halogenated alkanes) is 1. The molecule has 5 heteroatoms. The van der Waals surface area contributed by atoms with Gasteiger partial charge in [-0.2, -0.15) is 0 Å². The van der Waals surface area contributed by atoms with E-state index < -0.39 is 6.10 Å². The van der Waals surface area contributed by atoms with Gasteiger partial charge in [0.05, 0.1) is 32.0 Å². The number of hydrogen-bond donors (Lipinski definition) is 2. The Morgan fingerprint density at radius 2 is 2.00 bits per heavy atom. The second kappa shape index (κ2) is 11.5. The molecule has 20 heavy (non-hydrogen) atoms. The first-order valence-corrected chi connectivity index (χ1v) is 7.87. The molecule has 0 amide bonds. The van der Waals surface area contributed by atoms with E-state index in [0.717, 1.165) is 32.3 Å². The summed E-state index contributed by atoms with van der Waals surface area (Å²) >= 11 is 0. The third kappa shape index (κ3) is 7.55. The van der Waals surface area contributed by atoms with Crippen molar-refractivity contribution in [2.24, 2.45) is 0 Å². The third-order valence-corrected chi connectivity index (χ3v) is 3.70. The van der Waals surface area contributed by atoms with E-state index in [1.54, 1.807) is 7.11 Å². The van der Waals surface area contributed by atoms with Crippen molar-refractivity contribution in [2.45, 2.75) is 57.3 Å². The van der Waals surface area contributed by atoms with Gasteiger partial charge >= 0.3 is 0 Å². The molecule has 0 radical (unpaired) electrons. The molecule has 1 aliphatic carbocycles. The molecule has 0 aromatic rings. The predicted octanol–water partition coefficient (Wildman–Crippen LogP) is 1.34. The van der Waals surface area contributed by atoms with Crippen LogP contribution in [-0.4, -0.2) is 63.4 Å². The van der Waals surface area contributed by atoms with Crippen LogP contribution in [0, 0.1) is 0 Å². The van der Waals surface area contributed by atoms with Crippen LogP contribution in [-0.2, 0) is 14.2 Å². The van der Waals surface area contributed by atoms with Crippen LogP contribution in [0.25, 0.3) is 0 Å². The summed E-state index contributed by atoms with van der Waals surface area (Å²) < 4.78 is 16.2. The van der Waals surface area contributed by atoms with Crippen molar-refractivity contribution in [3.63, 3.8) is 0 Å². The van der Waals surface area contributed by atoms with Gasteiger partial charge < -0.3 is 24.6 Å². The standard InChI is InChI=1S/C15H31NO4/c1-3-4-8-19-9-10-20-12-13(17)11-16-14-6-5-7-15(14)18-2/h13-17H,3-12H2,1-2H3. The Balaban J connectivity index is 1.93. The second-order valence-electron chi connectivity index (χ2n) is 5.41. The highest BCUT2D eigenvalue weighted by atomic mass is 16.5. The Morgan fingerprint density at radius 3 is 2.75 bits per heavy atom. The first-order chi connectivity index (χ1) is 9.77. The minimum Gasteiger partial charge on any atom is -0.389 e. The number of methoxy groups -OCH3 is 1. The molecule has 0 bridgehead atoms. The van der Waals surface area contributed by atoms with Crippen molar-refractivity contribution in [1.29, 1.82) is 0 Å². The van der Waals surface area contributed by atoms with Crippen molar-refractivity contribution in [3.8, 4) is 0 Å². The lowest BCUT2D eigenvalue weighted by atomic mass is 10.2. The molecule has 1 fully saturated rings. The van der Waals surface area contributed by atoms with Crippen LogP contribution in [0.5, 0.6) is 0 Å². The summed E-state index contributed by atoms with van der Waals surface area (Å²) in [7, 11) is 1.75. The number of nitrogens with one attached hydrogen (secondary N) is 1. The van der Waals surface area contributed by atoms with E-state index in [1.807, 2.05) is 0 Å². The smallest absolute Gasteiger partial charge is 0.0897 e. The molecule has 1 saturated carbocycles. The van der Waals surface area contributed by atoms with E-state index in [1.165, 1.54) is 6.42 Å². The van der Waals surface area contributed by atoms with Crippen LogP contribution < -0.4 is 5.32 Å². The molecule has 0 aromatic carbocycles. The highest BCUT2D eigenvalue weighted by Gasteiger charge is 2.26. The van der Waals surface area contributed by atoms with E-state index in [0.29, 0.717) is 32.4 Å². The first-order valence-electron chi connectivity index (χ1n) is 7.87. The summed E-state index contributed by atoms with van der Waals surface area (Å²) in [6, 6.07) is 0.368. The van der Waals surface area contributed by atoms with E-state index in [4.69, 9.17) is 14.2 Å². The van der Waals surface area contributed by atoms with Crippen LogP contribution in [0.15, 0.2) is 0 Å². The van der Waals surface area contributed by atoms with Crippen molar-refractivity contribution in [1.82, 2.24) is 5.32 Å². The van der Waals surface area contributed by atoms with E-state index >= 15 is 0 Å². The lowest BCUT2D eigenvalue weighted by molar-refractivity contribution is 0.00104. The number of rotatable bonds is 12. The molecule has 120 valence electrons. The fourth-order valence-electron chi connectivity index (χ4n) is 2.47. The van der Waals surface area contributed by atoms with Gasteiger partial charge in [-0.05, 0) is 25.7 Å². The van der Waals surface area contributed by atoms with E-state index in [2.05, 4.69) is 12.2 Å². The van der Waals surface area contributed by atoms with Crippen LogP contribution in [0.3, 0.4) is 0 Å². The average molecular weight is 289 g/mol. The molecule has 3 unspecified atom stereocenters. The van der Waals surface area contributed by atoms with Gasteiger partial charge in [0, 0.05) is 26.3 Å². The van der Waals surface area contributed by atoms with Crippen molar-refractivity contribution < 1.29 is 19.3 Å². The lowest BCUT2D eigenvalue weighted by Gasteiger charge is -2.21. The van der Waals surface area contributed by atoms with Gasteiger partial charge in [-0.25, -0.2) is 0 Å². The van der Waals surface area contributed by atoms with Gasteiger partial charge in [0.25, 0.3) is 0 Å². The topological polar surface area (TPSA) is 60.0 Å². The summed E-state index contributed by atoms with van der Waals surface area (Å²) in [6.07, 6.45) is 5.48. The van der Waals surface area contributed by atoms with Crippen molar-refractivity contribution in [3.05, 3.63) is 0 Å². The highest BCUT2D eigenvalue weighted by molar-refractivity contribution is 4.84. The molecule has 0 spiro atoms. The fourth-order valence-corrected chi connectivity index (χ4v) is 2.47. The van der Waals surface area contributed by atoms with Gasteiger partial charge in [0.15, 0.2) is 0 Å². The zero-order chi connectivity index (χ0) is 14.6. The molecule has 0 aliphatic heterocycles. The summed E-state index contributed by atoms with van der Waals surface area (Å²) in [5.74, 6) is 0. The van der Waals surface area contributed by atoms with Crippen LogP contribution in [0.2, 0.25) is 0 Å². The molecule has 0 aromatic heterocycles. The fraction of sp³-hybridized carbons (Fsp3) is 1.00. The van der Waals surface area contributed by atoms with Crippen LogP contribution >= 0.6 is 0 Å². The van der Waals surface area contributed by atoms with Gasteiger partial charge in [-0.3, -0.25) is 0 Å². The summed E-state index contributed by atoms with van der Waals surface area (Å²) in [5, 5.41) is 13.2. The first kappa shape index (κ1) is 17.9. The molecule has 2 N–H and O–H groups in total. The normalized spacial score (nSPS) is 24.1. The van der Waals surface area contributed by atoms with E-state index in [-0.39, 0.29) is 6.10 Å². The number of aliphatic hydroxyl groups excluding tert-OH is 1. The maximum absolute atomic E-state index is 9.84. The summed E-state index contributed by atoms with van der Waals surface area (Å²) in [5.41, 5.74) is 0. The number of aliphatic hydroxyl groups is 1. The molecule has 1 rings (SSSR count). The van der Waals surface area contributed by atoms with Gasteiger partial charge in [-0.15, -0.1) is 0 Å². The Bertz CT molecular complexity index is 228. The Labute approximate surface area is 123 Å². The molecular formula is C15H31NO4. The summed E-state index contributed by atoms with van der Waals surface area (Å²) in [4.78, 5) is 0. The van der Waals surface area contributed by atoms with E-state index in [9.17, 15) is 5.11 Å². The lowest BCUT2D eigenvalue weighted by Crippen LogP contribution is -2.42. The monoisotopic (exact) mass is 289 g/mol.